The minimum Gasteiger partial charge on any atom is -0.379 e. The standard InChI is InChI=1S/C17H27ClN4O/c1-20(2)17(21(3)4)19-13-16(22-8-10-23-11-9-22)14-6-5-7-15(18)12-14/h5-7,12,16H,8-11,13H2,1-4H3. The van der Waals surface area contributed by atoms with Crippen LogP contribution in [0.4, 0.5) is 0 Å². The second-order valence-electron chi connectivity index (χ2n) is 6.15. The first-order chi connectivity index (χ1) is 11.0. The van der Waals surface area contributed by atoms with Crippen molar-refractivity contribution in [2.24, 2.45) is 4.99 Å². The van der Waals surface area contributed by atoms with Crippen LogP contribution in [0.5, 0.6) is 0 Å². The summed E-state index contributed by atoms with van der Waals surface area (Å²) in [6.07, 6.45) is 0. The van der Waals surface area contributed by atoms with Gasteiger partial charge in [-0.2, -0.15) is 0 Å². The SMILES string of the molecule is CN(C)C(=NCC(c1cccc(Cl)c1)N1CCOCC1)N(C)C. The third-order valence-corrected chi connectivity index (χ3v) is 4.16. The van der Waals surface area contributed by atoms with Gasteiger partial charge in [0.15, 0.2) is 5.96 Å². The molecule has 1 fully saturated rings. The molecule has 1 aliphatic heterocycles. The lowest BCUT2D eigenvalue weighted by molar-refractivity contribution is 0.0179. The van der Waals surface area contributed by atoms with Gasteiger partial charge in [0.05, 0.1) is 25.8 Å². The number of hydrogen-bond donors (Lipinski definition) is 0. The van der Waals surface area contributed by atoms with Crippen molar-refractivity contribution in [2.75, 3.05) is 61.0 Å². The van der Waals surface area contributed by atoms with E-state index in [-0.39, 0.29) is 6.04 Å². The normalized spacial score (nSPS) is 16.7. The van der Waals surface area contributed by atoms with Crippen molar-refractivity contribution in [3.63, 3.8) is 0 Å². The summed E-state index contributed by atoms with van der Waals surface area (Å²) in [6.45, 7) is 4.09. The van der Waals surface area contributed by atoms with E-state index in [1.165, 1.54) is 5.56 Å². The van der Waals surface area contributed by atoms with Gasteiger partial charge in [0.2, 0.25) is 0 Å². The van der Waals surface area contributed by atoms with Crippen LogP contribution in [-0.4, -0.2) is 81.7 Å². The zero-order valence-electron chi connectivity index (χ0n) is 14.5. The lowest BCUT2D eigenvalue weighted by Crippen LogP contribution is -2.41. The van der Waals surface area contributed by atoms with Crippen molar-refractivity contribution >= 4 is 17.6 Å². The van der Waals surface area contributed by atoms with Gasteiger partial charge in [0.1, 0.15) is 0 Å². The van der Waals surface area contributed by atoms with Gasteiger partial charge in [-0.05, 0) is 17.7 Å². The maximum Gasteiger partial charge on any atom is 0.195 e. The molecule has 1 aromatic carbocycles. The quantitative estimate of drug-likeness (QED) is 0.622. The molecule has 0 aliphatic carbocycles. The summed E-state index contributed by atoms with van der Waals surface area (Å²) < 4.78 is 5.49. The average Bonchev–Trinajstić information content (AvgIpc) is 2.51. The second kappa shape index (κ2) is 8.52. The van der Waals surface area contributed by atoms with E-state index in [1.807, 2.05) is 56.2 Å². The molecule has 0 N–H and O–H groups in total. The first-order valence-electron chi connectivity index (χ1n) is 7.95. The van der Waals surface area contributed by atoms with Gasteiger partial charge < -0.3 is 14.5 Å². The fourth-order valence-electron chi connectivity index (χ4n) is 2.89. The monoisotopic (exact) mass is 338 g/mol. The Balaban J connectivity index is 2.24. The molecule has 0 aromatic heterocycles. The van der Waals surface area contributed by atoms with Crippen LogP contribution in [0, 0.1) is 0 Å². The largest absolute Gasteiger partial charge is 0.379 e. The fourth-order valence-corrected chi connectivity index (χ4v) is 3.08. The fraction of sp³-hybridized carbons (Fsp3) is 0.588. The molecule has 6 heteroatoms. The first-order valence-corrected chi connectivity index (χ1v) is 8.33. The van der Waals surface area contributed by atoms with Crippen LogP contribution in [-0.2, 0) is 4.74 Å². The van der Waals surface area contributed by atoms with E-state index in [9.17, 15) is 0 Å². The zero-order valence-corrected chi connectivity index (χ0v) is 15.3. The minimum absolute atomic E-state index is 0.215. The predicted molar refractivity (Wildman–Crippen MR) is 96.3 cm³/mol. The molecule has 2 rings (SSSR count). The van der Waals surface area contributed by atoms with E-state index >= 15 is 0 Å². The van der Waals surface area contributed by atoms with Crippen LogP contribution in [0.3, 0.4) is 0 Å². The summed E-state index contributed by atoms with van der Waals surface area (Å²) in [5.41, 5.74) is 1.21. The molecule has 5 nitrogen and oxygen atoms in total. The zero-order chi connectivity index (χ0) is 16.8. The molecular formula is C17H27ClN4O. The highest BCUT2D eigenvalue weighted by atomic mass is 35.5. The van der Waals surface area contributed by atoms with Crippen molar-refractivity contribution in [3.8, 4) is 0 Å². The van der Waals surface area contributed by atoms with Gasteiger partial charge >= 0.3 is 0 Å². The third-order valence-electron chi connectivity index (χ3n) is 3.93. The summed E-state index contributed by atoms with van der Waals surface area (Å²) >= 11 is 6.20. The Morgan fingerprint density at radius 3 is 2.43 bits per heavy atom. The molecule has 0 radical (unpaired) electrons. The lowest BCUT2D eigenvalue weighted by Gasteiger charge is -2.34. The van der Waals surface area contributed by atoms with E-state index in [2.05, 4.69) is 11.0 Å². The number of benzene rings is 1. The van der Waals surface area contributed by atoms with Crippen LogP contribution in [0.1, 0.15) is 11.6 Å². The molecule has 1 atom stereocenters. The van der Waals surface area contributed by atoms with Crippen molar-refractivity contribution in [3.05, 3.63) is 34.9 Å². The summed E-state index contributed by atoms with van der Waals surface area (Å²) in [5, 5.41) is 0.769. The van der Waals surface area contributed by atoms with E-state index in [1.54, 1.807) is 0 Å². The Hall–Kier alpha value is -1.30. The number of hydrogen-bond acceptors (Lipinski definition) is 3. The van der Waals surface area contributed by atoms with Crippen LogP contribution < -0.4 is 0 Å². The summed E-state index contributed by atoms with van der Waals surface area (Å²) in [5.74, 6) is 0.963. The van der Waals surface area contributed by atoms with Crippen molar-refractivity contribution in [1.82, 2.24) is 14.7 Å². The predicted octanol–water partition coefficient (Wildman–Crippen LogP) is 2.19. The first kappa shape index (κ1) is 18.0. The molecule has 1 aliphatic rings. The molecule has 23 heavy (non-hydrogen) atoms. The van der Waals surface area contributed by atoms with Crippen molar-refractivity contribution in [2.45, 2.75) is 6.04 Å². The number of aliphatic imine (C=N–C) groups is 1. The molecule has 1 aromatic rings. The van der Waals surface area contributed by atoms with Crippen LogP contribution in [0.15, 0.2) is 29.3 Å². The molecule has 0 bridgehead atoms. The molecule has 0 saturated carbocycles. The average molecular weight is 339 g/mol. The van der Waals surface area contributed by atoms with Crippen LogP contribution in [0.2, 0.25) is 5.02 Å². The van der Waals surface area contributed by atoms with Gasteiger partial charge in [-0.15, -0.1) is 0 Å². The highest BCUT2D eigenvalue weighted by molar-refractivity contribution is 6.30. The highest BCUT2D eigenvalue weighted by Gasteiger charge is 2.23. The maximum atomic E-state index is 6.20. The van der Waals surface area contributed by atoms with Crippen molar-refractivity contribution in [1.29, 1.82) is 0 Å². The highest BCUT2D eigenvalue weighted by Crippen LogP contribution is 2.25. The Labute approximate surface area is 144 Å². The van der Waals surface area contributed by atoms with Gasteiger partial charge in [-0.3, -0.25) is 9.89 Å². The summed E-state index contributed by atoms with van der Waals surface area (Å²) in [7, 11) is 8.06. The number of rotatable bonds is 4. The summed E-state index contributed by atoms with van der Waals surface area (Å²) in [6, 6.07) is 8.31. The number of morpholine rings is 1. The van der Waals surface area contributed by atoms with Crippen LogP contribution in [0.25, 0.3) is 0 Å². The molecule has 1 saturated heterocycles. The number of halogens is 1. The maximum absolute atomic E-state index is 6.20. The lowest BCUT2D eigenvalue weighted by atomic mass is 10.0. The smallest absolute Gasteiger partial charge is 0.195 e. The van der Waals surface area contributed by atoms with Crippen molar-refractivity contribution < 1.29 is 4.74 Å². The van der Waals surface area contributed by atoms with E-state index < -0.39 is 0 Å². The van der Waals surface area contributed by atoms with Gasteiger partial charge in [-0.25, -0.2) is 0 Å². The molecule has 128 valence electrons. The van der Waals surface area contributed by atoms with Gasteiger partial charge in [0, 0.05) is 46.3 Å². The number of guanidine groups is 1. The Morgan fingerprint density at radius 2 is 1.87 bits per heavy atom. The minimum atomic E-state index is 0.215. The Morgan fingerprint density at radius 1 is 1.22 bits per heavy atom. The van der Waals surface area contributed by atoms with Crippen LogP contribution >= 0.6 is 11.6 Å². The van der Waals surface area contributed by atoms with Gasteiger partial charge in [0.25, 0.3) is 0 Å². The Bertz CT molecular complexity index is 517. The van der Waals surface area contributed by atoms with Gasteiger partial charge in [-0.1, -0.05) is 23.7 Å². The molecular weight excluding hydrogens is 312 g/mol. The number of nitrogens with zero attached hydrogens (tertiary/aromatic N) is 4. The van der Waals surface area contributed by atoms with E-state index in [0.717, 1.165) is 37.3 Å². The molecule has 0 amide bonds. The number of ether oxygens (including phenoxy) is 1. The molecule has 0 spiro atoms. The van der Waals surface area contributed by atoms with E-state index in [0.29, 0.717) is 6.54 Å². The molecule has 1 heterocycles. The molecule has 1 unspecified atom stereocenters. The Kier molecular flexibility index (Phi) is 6.69. The third kappa shape index (κ3) is 5.09. The second-order valence-corrected chi connectivity index (χ2v) is 6.59. The summed E-state index contributed by atoms with van der Waals surface area (Å²) in [4.78, 5) is 11.4. The van der Waals surface area contributed by atoms with E-state index in [4.69, 9.17) is 21.3 Å². The topological polar surface area (TPSA) is 31.3 Å².